The minimum Gasteiger partial charge on any atom is -0.473 e. The third-order valence-electron chi connectivity index (χ3n) is 5.78. The number of para-hydroxylation sites is 1. The smallest absolute Gasteiger partial charge is 0.213 e. The Morgan fingerprint density at radius 1 is 1.00 bits per heavy atom. The van der Waals surface area contributed by atoms with Gasteiger partial charge in [0.25, 0.3) is 0 Å². The maximum atomic E-state index is 13.1. The zero-order valence-electron chi connectivity index (χ0n) is 19.8. The lowest BCUT2D eigenvalue weighted by Gasteiger charge is -2.33. The molecular formula is C29H31N3O2. The van der Waals surface area contributed by atoms with Gasteiger partial charge in [-0.25, -0.2) is 4.98 Å². The van der Waals surface area contributed by atoms with E-state index in [1.807, 2.05) is 72.8 Å². The monoisotopic (exact) mass is 453 g/mol. The van der Waals surface area contributed by atoms with Gasteiger partial charge in [0.1, 0.15) is 6.61 Å². The van der Waals surface area contributed by atoms with Crippen LogP contribution in [-0.4, -0.2) is 10.8 Å². The number of carbonyl (C=O) groups is 1. The number of anilines is 1. The van der Waals surface area contributed by atoms with Gasteiger partial charge in [0, 0.05) is 42.3 Å². The van der Waals surface area contributed by atoms with E-state index in [0.29, 0.717) is 36.7 Å². The van der Waals surface area contributed by atoms with Crippen LogP contribution < -0.4 is 15.4 Å². The van der Waals surface area contributed by atoms with Gasteiger partial charge in [-0.2, -0.15) is 0 Å². The average molecular weight is 454 g/mol. The van der Waals surface area contributed by atoms with E-state index in [9.17, 15) is 4.79 Å². The number of nitrogens with one attached hydrogen (secondary N) is 2. The zero-order valence-corrected chi connectivity index (χ0v) is 19.8. The van der Waals surface area contributed by atoms with Gasteiger partial charge in [-0.05, 0) is 41.2 Å². The molecule has 0 fully saturated rings. The van der Waals surface area contributed by atoms with Gasteiger partial charge in [0.05, 0.1) is 5.57 Å². The summed E-state index contributed by atoms with van der Waals surface area (Å²) < 4.78 is 5.87. The summed E-state index contributed by atoms with van der Waals surface area (Å²) in [6.07, 6.45) is 3.01. The number of carbonyl (C=O) groups excluding carboxylic acids is 1. The molecule has 0 amide bonds. The Bertz CT molecular complexity index is 1180. The lowest BCUT2D eigenvalue weighted by atomic mass is 9.75. The van der Waals surface area contributed by atoms with E-state index in [1.165, 1.54) is 0 Å². The van der Waals surface area contributed by atoms with Crippen LogP contribution in [0.25, 0.3) is 0 Å². The van der Waals surface area contributed by atoms with Crippen LogP contribution in [0.5, 0.6) is 5.88 Å². The second-order valence-electron chi connectivity index (χ2n) is 9.39. The van der Waals surface area contributed by atoms with E-state index < -0.39 is 0 Å². The predicted molar refractivity (Wildman–Crippen MR) is 136 cm³/mol. The average Bonchev–Trinajstić information content (AvgIpc) is 2.82. The predicted octanol–water partition coefficient (Wildman–Crippen LogP) is 6.02. The highest BCUT2D eigenvalue weighted by molar-refractivity contribution is 6.02. The van der Waals surface area contributed by atoms with Crippen molar-refractivity contribution in [1.82, 2.24) is 10.3 Å². The fourth-order valence-corrected chi connectivity index (χ4v) is 4.16. The van der Waals surface area contributed by atoms with Crippen LogP contribution in [0.15, 0.2) is 103 Å². The van der Waals surface area contributed by atoms with Crippen molar-refractivity contribution in [3.63, 3.8) is 0 Å². The van der Waals surface area contributed by atoms with Crippen LogP contribution in [0.4, 0.5) is 5.69 Å². The van der Waals surface area contributed by atoms with Crippen LogP contribution in [0.3, 0.4) is 0 Å². The van der Waals surface area contributed by atoms with E-state index in [-0.39, 0.29) is 11.2 Å². The third-order valence-corrected chi connectivity index (χ3v) is 5.78. The van der Waals surface area contributed by atoms with Gasteiger partial charge in [-0.15, -0.1) is 0 Å². The number of allylic oxidation sites excluding steroid dienone is 2. The van der Waals surface area contributed by atoms with Gasteiger partial charge < -0.3 is 15.4 Å². The number of ketones is 1. The molecule has 0 atom stereocenters. The summed E-state index contributed by atoms with van der Waals surface area (Å²) in [5.41, 5.74) is 5.11. The SMILES string of the molecule is C=C(Nc1ccccc1)C1=C(NCc2ccnc(OCc3ccccc3)c2)CC(C)(C)CC1=O. The number of pyridine rings is 1. The maximum absolute atomic E-state index is 13.1. The summed E-state index contributed by atoms with van der Waals surface area (Å²) in [7, 11) is 0. The van der Waals surface area contributed by atoms with E-state index in [0.717, 1.165) is 28.9 Å². The van der Waals surface area contributed by atoms with E-state index in [4.69, 9.17) is 4.74 Å². The van der Waals surface area contributed by atoms with Crippen molar-refractivity contribution in [2.24, 2.45) is 5.41 Å². The zero-order chi connectivity index (χ0) is 24.0. The van der Waals surface area contributed by atoms with Gasteiger partial charge in [0.15, 0.2) is 5.78 Å². The van der Waals surface area contributed by atoms with Crippen LogP contribution >= 0.6 is 0 Å². The molecular weight excluding hydrogens is 422 g/mol. The molecule has 1 aliphatic carbocycles. The van der Waals surface area contributed by atoms with E-state index in [1.54, 1.807) is 6.20 Å². The Morgan fingerprint density at radius 3 is 2.44 bits per heavy atom. The molecule has 0 aliphatic heterocycles. The molecule has 0 unspecified atom stereocenters. The Kier molecular flexibility index (Phi) is 7.12. The molecule has 0 spiro atoms. The van der Waals surface area contributed by atoms with E-state index >= 15 is 0 Å². The first-order valence-corrected chi connectivity index (χ1v) is 11.5. The van der Waals surface area contributed by atoms with Crippen molar-refractivity contribution in [2.75, 3.05) is 5.32 Å². The lowest BCUT2D eigenvalue weighted by Crippen LogP contribution is -2.32. The molecule has 2 N–H and O–H groups in total. The van der Waals surface area contributed by atoms with Crippen LogP contribution in [0.2, 0.25) is 0 Å². The highest BCUT2D eigenvalue weighted by Crippen LogP contribution is 2.38. The largest absolute Gasteiger partial charge is 0.473 e. The number of hydrogen-bond acceptors (Lipinski definition) is 5. The van der Waals surface area contributed by atoms with Crippen molar-refractivity contribution in [1.29, 1.82) is 0 Å². The van der Waals surface area contributed by atoms with E-state index in [2.05, 4.69) is 36.0 Å². The van der Waals surface area contributed by atoms with Gasteiger partial charge in [-0.1, -0.05) is 69.0 Å². The Morgan fingerprint density at radius 2 is 1.71 bits per heavy atom. The number of nitrogens with zero attached hydrogens (tertiary/aromatic N) is 1. The normalized spacial score (nSPS) is 15.1. The number of Topliss-reactive ketones (excluding diaryl/α,β-unsaturated/α-hetero) is 1. The standard InChI is InChI=1S/C29H31N3O2/c1-21(32-24-12-8-5-9-13-24)28-25(17-29(2,3)18-26(28)33)31-19-23-14-15-30-27(16-23)34-20-22-10-6-4-7-11-22/h4-16,31-32H,1,17-20H2,2-3H3. The molecule has 1 aliphatic rings. The van der Waals surface area contributed by atoms with Crippen LogP contribution in [-0.2, 0) is 17.9 Å². The maximum Gasteiger partial charge on any atom is 0.213 e. The van der Waals surface area contributed by atoms with Gasteiger partial charge >= 0.3 is 0 Å². The van der Waals surface area contributed by atoms with Gasteiger partial charge in [-0.3, -0.25) is 4.79 Å². The van der Waals surface area contributed by atoms with Crippen molar-refractivity contribution in [3.8, 4) is 5.88 Å². The van der Waals surface area contributed by atoms with Crippen molar-refractivity contribution < 1.29 is 9.53 Å². The summed E-state index contributed by atoms with van der Waals surface area (Å²) in [5, 5.41) is 6.81. The Labute approximate surface area is 201 Å². The molecule has 174 valence electrons. The molecule has 0 saturated carbocycles. The first-order chi connectivity index (χ1) is 16.4. The summed E-state index contributed by atoms with van der Waals surface area (Å²) in [6, 6.07) is 23.7. The number of benzene rings is 2. The molecule has 4 rings (SSSR count). The molecule has 2 aromatic carbocycles. The lowest BCUT2D eigenvalue weighted by molar-refractivity contribution is -0.117. The minimum absolute atomic E-state index is 0.105. The van der Waals surface area contributed by atoms with Crippen LogP contribution in [0, 0.1) is 5.41 Å². The fraction of sp³-hybridized carbons (Fsp3) is 0.241. The van der Waals surface area contributed by atoms with Crippen molar-refractivity contribution >= 4 is 11.5 Å². The van der Waals surface area contributed by atoms with Crippen molar-refractivity contribution in [3.05, 3.63) is 114 Å². The molecule has 0 radical (unpaired) electrons. The first kappa shape index (κ1) is 23.3. The first-order valence-electron chi connectivity index (χ1n) is 11.5. The Hall–Kier alpha value is -3.86. The molecule has 0 saturated heterocycles. The molecule has 1 aromatic heterocycles. The van der Waals surface area contributed by atoms with Crippen molar-refractivity contribution in [2.45, 2.75) is 39.8 Å². The molecule has 34 heavy (non-hydrogen) atoms. The van der Waals surface area contributed by atoms with Crippen LogP contribution in [0.1, 0.15) is 37.8 Å². The highest BCUT2D eigenvalue weighted by Gasteiger charge is 2.34. The number of ether oxygens (including phenoxy) is 1. The topological polar surface area (TPSA) is 63.3 Å². The Balaban J connectivity index is 1.48. The second-order valence-corrected chi connectivity index (χ2v) is 9.39. The quantitative estimate of drug-likeness (QED) is 0.415. The highest BCUT2D eigenvalue weighted by atomic mass is 16.5. The number of hydrogen-bond donors (Lipinski definition) is 2. The van der Waals surface area contributed by atoms with Gasteiger partial charge in [0.2, 0.25) is 5.88 Å². The molecule has 3 aromatic rings. The fourth-order valence-electron chi connectivity index (χ4n) is 4.16. The summed E-state index contributed by atoms with van der Waals surface area (Å²) in [5.74, 6) is 0.682. The molecule has 5 nitrogen and oxygen atoms in total. The molecule has 1 heterocycles. The summed E-state index contributed by atoms with van der Waals surface area (Å²) in [4.78, 5) is 17.4. The number of rotatable bonds is 9. The number of aromatic nitrogens is 1. The third kappa shape index (κ3) is 6.13. The molecule has 5 heteroatoms. The molecule has 0 bridgehead atoms. The summed E-state index contributed by atoms with van der Waals surface area (Å²) in [6.45, 7) is 9.46. The minimum atomic E-state index is -0.113. The second kappa shape index (κ2) is 10.4. The summed E-state index contributed by atoms with van der Waals surface area (Å²) >= 11 is 0.